The molecule has 1 unspecified atom stereocenters. The van der Waals surface area contributed by atoms with E-state index in [9.17, 15) is 13.2 Å². The van der Waals surface area contributed by atoms with E-state index in [0.29, 0.717) is 43.6 Å². The van der Waals surface area contributed by atoms with Crippen molar-refractivity contribution in [1.29, 1.82) is 0 Å². The average Bonchev–Trinajstić information content (AvgIpc) is 3.18. The molecule has 1 aromatic heterocycles. The predicted octanol–water partition coefficient (Wildman–Crippen LogP) is 1.72. The summed E-state index contributed by atoms with van der Waals surface area (Å²) >= 11 is 0. The molecule has 3 aliphatic heterocycles. The van der Waals surface area contributed by atoms with Crippen LogP contribution in [-0.4, -0.2) is 85.4 Å². The molecule has 0 spiro atoms. The minimum atomic E-state index is -3.34. The van der Waals surface area contributed by atoms with Crippen molar-refractivity contribution < 1.29 is 22.5 Å². The van der Waals surface area contributed by atoms with Crippen molar-refractivity contribution in [2.24, 2.45) is 0 Å². The molecule has 5 rings (SSSR count). The molecule has 0 radical (unpaired) electrons. The summed E-state index contributed by atoms with van der Waals surface area (Å²) in [7, 11) is -1.64. The zero-order valence-corrected chi connectivity index (χ0v) is 19.6. The Labute approximate surface area is 189 Å². The molecule has 4 fully saturated rings. The molecule has 3 saturated heterocycles. The van der Waals surface area contributed by atoms with Crippen LogP contribution in [0.3, 0.4) is 0 Å². The highest BCUT2D eigenvalue weighted by Crippen LogP contribution is 2.40. The van der Waals surface area contributed by atoms with Gasteiger partial charge < -0.3 is 14.6 Å². The van der Waals surface area contributed by atoms with Gasteiger partial charge in [0, 0.05) is 49.8 Å². The van der Waals surface area contributed by atoms with Crippen LogP contribution in [0.5, 0.6) is 0 Å². The first kappa shape index (κ1) is 22.3. The fraction of sp³-hybridized carbons (Fsp3) is 0.818. The van der Waals surface area contributed by atoms with Gasteiger partial charge in [-0.1, -0.05) is 5.16 Å². The normalized spacial score (nSPS) is 31.3. The number of amides is 1. The quantitative estimate of drug-likeness (QED) is 0.591. The lowest BCUT2D eigenvalue weighted by molar-refractivity contribution is 0.0899. The van der Waals surface area contributed by atoms with Crippen LogP contribution in [0.1, 0.15) is 73.5 Å². The number of nitrogens with zero attached hydrogens (tertiary/aromatic N) is 3. The first-order valence-electron chi connectivity index (χ1n) is 12.0. The summed E-state index contributed by atoms with van der Waals surface area (Å²) in [6, 6.07) is 1.98. The molecule has 9 nitrogen and oxygen atoms in total. The molecule has 0 aromatic carbocycles. The van der Waals surface area contributed by atoms with E-state index < -0.39 is 10.0 Å². The minimum Gasteiger partial charge on any atom is -0.383 e. The van der Waals surface area contributed by atoms with Crippen molar-refractivity contribution in [1.82, 2.24) is 19.7 Å². The summed E-state index contributed by atoms with van der Waals surface area (Å²) in [4.78, 5) is 14.9. The van der Waals surface area contributed by atoms with Crippen molar-refractivity contribution >= 4 is 15.9 Å². The number of piperidine rings is 1. The van der Waals surface area contributed by atoms with Crippen LogP contribution in [0.25, 0.3) is 0 Å². The third-order valence-corrected chi connectivity index (χ3v) is 9.49. The van der Waals surface area contributed by atoms with Crippen LogP contribution in [0.15, 0.2) is 10.6 Å². The minimum absolute atomic E-state index is 0.0304. The third-order valence-electron chi connectivity index (χ3n) is 7.56. The Hall–Kier alpha value is -1.49. The number of carbonyl (C=O) groups excluding carboxylic acids is 1. The maximum absolute atomic E-state index is 13.2. The number of carbonyl (C=O) groups is 1. The van der Waals surface area contributed by atoms with E-state index in [2.05, 4.69) is 15.4 Å². The number of fused-ring (bicyclic) bond motifs is 2. The molecule has 4 heterocycles. The highest BCUT2D eigenvalue weighted by molar-refractivity contribution is 7.89. The van der Waals surface area contributed by atoms with E-state index in [1.165, 1.54) is 0 Å². The van der Waals surface area contributed by atoms with Gasteiger partial charge in [0.25, 0.3) is 5.91 Å². The first-order valence-corrected chi connectivity index (χ1v) is 13.6. The van der Waals surface area contributed by atoms with Crippen molar-refractivity contribution in [3.63, 3.8) is 0 Å². The molecule has 178 valence electrons. The summed E-state index contributed by atoms with van der Waals surface area (Å²) in [6.07, 6.45) is 7.39. The number of rotatable bonds is 9. The Morgan fingerprint density at radius 1 is 1.22 bits per heavy atom. The Balaban J connectivity index is 1.16. The van der Waals surface area contributed by atoms with Gasteiger partial charge in [-0.25, -0.2) is 8.42 Å². The van der Waals surface area contributed by atoms with Crippen molar-refractivity contribution in [2.75, 3.05) is 32.6 Å². The molecular weight excluding hydrogens is 432 g/mol. The second kappa shape index (κ2) is 9.04. The smallest absolute Gasteiger partial charge is 0.273 e. The molecular formula is C22H34N4O5S. The van der Waals surface area contributed by atoms with E-state index in [0.717, 1.165) is 50.8 Å². The zero-order valence-electron chi connectivity index (χ0n) is 18.7. The van der Waals surface area contributed by atoms with Gasteiger partial charge in [-0.3, -0.25) is 9.69 Å². The van der Waals surface area contributed by atoms with Gasteiger partial charge in [0.05, 0.1) is 12.4 Å². The summed E-state index contributed by atoms with van der Waals surface area (Å²) in [6.45, 7) is 2.15. The number of ether oxygens (including phenoxy) is 1. The average molecular weight is 467 g/mol. The number of sulfonamides is 1. The van der Waals surface area contributed by atoms with Crippen LogP contribution in [-0.2, 0) is 14.8 Å². The molecule has 4 aliphatic rings. The number of nitrogens with one attached hydrogen (secondary N) is 1. The van der Waals surface area contributed by atoms with E-state index >= 15 is 0 Å². The Morgan fingerprint density at radius 3 is 2.66 bits per heavy atom. The van der Waals surface area contributed by atoms with Crippen LogP contribution < -0.4 is 5.32 Å². The lowest BCUT2D eigenvalue weighted by Gasteiger charge is -2.38. The molecule has 1 N–H and O–H groups in total. The second-order valence-corrected chi connectivity index (χ2v) is 11.8. The zero-order chi connectivity index (χ0) is 22.3. The van der Waals surface area contributed by atoms with Crippen LogP contribution in [0.2, 0.25) is 0 Å². The van der Waals surface area contributed by atoms with Gasteiger partial charge in [-0.05, 0) is 57.9 Å². The van der Waals surface area contributed by atoms with Crippen molar-refractivity contribution in [3.05, 3.63) is 17.5 Å². The standard InChI is InChI=1S/C22H34N4O5S/c1-30-14-19-3-2-8-25(19)9-10-32(28,29)26-17-6-7-18(26)12-16(11-17)23-22(27)20-13-21(31-24-20)15-4-5-15/h13,15-19H,2-12,14H2,1H3,(H,23,27)/t16-,17+,18-,19?. The Morgan fingerprint density at radius 2 is 1.97 bits per heavy atom. The molecule has 1 saturated carbocycles. The fourth-order valence-electron chi connectivity index (χ4n) is 5.83. The molecule has 10 heteroatoms. The first-order chi connectivity index (χ1) is 15.4. The molecule has 1 aliphatic carbocycles. The number of likely N-dealkylation sites (tertiary alicyclic amines) is 1. The molecule has 1 amide bonds. The van der Waals surface area contributed by atoms with Crippen LogP contribution in [0, 0.1) is 0 Å². The summed E-state index contributed by atoms with van der Waals surface area (Å²) < 4.78 is 38.9. The van der Waals surface area contributed by atoms with Gasteiger partial charge in [-0.2, -0.15) is 4.31 Å². The molecule has 1 aromatic rings. The maximum atomic E-state index is 13.2. The lowest BCUT2D eigenvalue weighted by atomic mass is 9.99. The number of aromatic nitrogens is 1. The van der Waals surface area contributed by atoms with Crippen LogP contribution in [0.4, 0.5) is 0 Å². The molecule has 32 heavy (non-hydrogen) atoms. The SMILES string of the molecule is COCC1CCCN1CCS(=O)(=O)N1[C@@H]2CC[C@H]1C[C@@H](NC(=O)c1cc(C3CC3)on1)C2. The van der Waals surface area contributed by atoms with Gasteiger partial charge in [0.2, 0.25) is 10.0 Å². The third kappa shape index (κ3) is 4.60. The summed E-state index contributed by atoms with van der Waals surface area (Å²) in [5.74, 6) is 1.14. The monoisotopic (exact) mass is 466 g/mol. The van der Waals surface area contributed by atoms with E-state index in [-0.39, 0.29) is 29.8 Å². The van der Waals surface area contributed by atoms with E-state index in [1.807, 2.05) is 0 Å². The van der Waals surface area contributed by atoms with Gasteiger partial charge >= 0.3 is 0 Å². The predicted molar refractivity (Wildman–Crippen MR) is 118 cm³/mol. The van der Waals surface area contributed by atoms with E-state index in [4.69, 9.17) is 9.26 Å². The summed E-state index contributed by atoms with van der Waals surface area (Å²) in [5, 5.41) is 7.00. The topological polar surface area (TPSA) is 105 Å². The van der Waals surface area contributed by atoms with Crippen LogP contribution >= 0.6 is 0 Å². The van der Waals surface area contributed by atoms with E-state index in [1.54, 1.807) is 17.5 Å². The summed E-state index contributed by atoms with van der Waals surface area (Å²) in [5.41, 5.74) is 0.325. The number of hydrogen-bond donors (Lipinski definition) is 1. The maximum Gasteiger partial charge on any atom is 0.273 e. The van der Waals surface area contributed by atoms with Crippen molar-refractivity contribution in [3.8, 4) is 0 Å². The Kier molecular flexibility index (Phi) is 6.30. The number of hydrogen-bond acceptors (Lipinski definition) is 7. The Bertz CT molecular complexity index is 917. The molecule has 2 bridgehead atoms. The van der Waals surface area contributed by atoms with Crippen molar-refractivity contribution in [2.45, 2.75) is 81.5 Å². The number of methoxy groups -OCH3 is 1. The lowest BCUT2D eigenvalue weighted by Crippen LogP contribution is -2.53. The fourth-order valence-corrected chi connectivity index (χ4v) is 7.80. The second-order valence-electron chi connectivity index (χ2n) is 9.85. The highest BCUT2D eigenvalue weighted by Gasteiger charge is 2.47. The van der Waals surface area contributed by atoms with Gasteiger partial charge in [0.15, 0.2) is 5.69 Å². The molecule has 4 atom stereocenters. The van der Waals surface area contributed by atoms with Gasteiger partial charge in [0.1, 0.15) is 5.76 Å². The van der Waals surface area contributed by atoms with Gasteiger partial charge in [-0.15, -0.1) is 0 Å². The largest absolute Gasteiger partial charge is 0.383 e. The highest BCUT2D eigenvalue weighted by atomic mass is 32.2.